The summed E-state index contributed by atoms with van der Waals surface area (Å²) in [6.45, 7) is 1.90. The molecule has 1 aromatic rings. The van der Waals surface area contributed by atoms with E-state index in [-0.39, 0.29) is 17.5 Å². The summed E-state index contributed by atoms with van der Waals surface area (Å²) in [6.07, 6.45) is 0.489. The van der Waals surface area contributed by atoms with Gasteiger partial charge >= 0.3 is 0 Å². The molecule has 2 heterocycles. The van der Waals surface area contributed by atoms with Crippen molar-refractivity contribution in [3.8, 4) is 0 Å². The Hall–Kier alpha value is -1.99. The van der Waals surface area contributed by atoms with Crippen LogP contribution in [0, 0.1) is 5.82 Å². The van der Waals surface area contributed by atoms with E-state index in [1.165, 1.54) is 15.9 Å². The average Bonchev–Trinajstić information content (AvgIpc) is 2.96. The molecular formula is C16H20FN3O3. The first-order valence-electron chi connectivity index (χ1n) is 7.73. The average molecular weight is 321 g/mol. The molecule has 1 N–H and O–H groups in total. The van der Waals surface area contributed by atoms with Gasteiger partial charge in [-0.25, -0.2) is 4.39 Å². The predicted molar refractivity (Wildman–Crippen MR) is 82.5 cm³/mol. The molecule has 2 aliphatic heterocycles. The van der Waals surface area contributed by atoms with Gasteiger partial charge in [-0.3, -0.25) is 9.59 Å². The van der Waals surface area contributed by atoms with E-state index in [0.29, 0.717) is 32.7 Å². The zero-order chi connectivity index (χ0) is 16.4. The zero-order valence-corrected chi connectivity index (χ0v) is 13.0. The molecule has 2 aliphatic rings. The molecule has 0 spiro atoms. The van der Waals surface area contributed by atoms with Gasteiger partial charge in [0.2, 0.25) is 11.8 Å². The van der Waals surface area contributed by atoms with Crippen LogP contribution in [-0.4, -0.2) is 62.1 Å². The number of nitrogens with zero attached hydrogens (tertiary/aromatic N) is 2. The number of carbonyl (C=O) groups excluding carboxylic acids is 2. The van der Waals surface area contributed by atoms with Crippen molar-refractivity contribution in [1.29, 1.82) is 0 Å². The van der Waals surface area contributed by atoms with E-state index < -0.39 is 17.9 Å². The number of rotatable bonds is 3. The van der Waals surface area contributed by atoms with Crippen molar-refractivity contribution in [1.82, 2.24) is 10.2 Å². The number of anilines is 1. The summed E-state index contributed by atoms with van der Waals surface area (Å²) < 4.78 is 19.2. The smallest absolute Gasteiger partial charge is 0.249 e. The van der Waals surface area contributed by atoms with Crippen LogP contribution in [0.15, 0.2) is 24.3 Å². The van der Waals surface area contributed by atoms with Gasteiger partial charge in [-0.2, -0.15) is 0 Å². The topological polar surface area (TPSA) is 61.9 Å². The van der Waals surface area contributed by atoms with Gasteiger partial charge in [0.1, 0.15) is 17.9 Å². The molecule has 1 aromatic carbocycles. The minimum Gasteiger partial charge on any atom is -0.378 e. The van der Waals surface area contributed by atoms with Gasteiger partial charge in [0, 0.05) is 20.1 Å². The first kappa shape index (κ1) is 15.9. The van der Waals surface area contributed by atoms with E-state index >= 15 is 0 Å². The number of ether oxygens (including phenoxy) is 1. The fourth-order valence-corrected chi connectivity index (χ4v) is 3.06. The number of hydrogen-bond donors (Lipinski definition) is 1. The third-order valence-corrected chi connectivity index (χ3v) is 4.36. The number of carbonyl (C=O) groups is 2. The summed E-state index contributed by atoms with van der Waals surface area (Å²) in [4.78, 5) is 27.9. The summed E-state index contributed by atoms with van der Waals surface area (Å²) >= 11 is 0. The number of halogens is 1. The summed E-state index contributed by atoms with van der Waals surface area (Å²) in [6, 6.07) is 5.19. The van der Waals surface area contributed by atoms with Crippen LogP contribution in [0.3, 0.4) is 0 Å². The summed E-state index contributed by atoms with van der Waals surface area (Å²) in [7, 11) is 1.62. The van der Waals surface area contributed by atoms with Crippen molar-refractivity contribution >= 4 is 17.5 Å². The van der Waals surface area contributed by atoms with Gasteiger partial charge in [-0.05, 0) is 18.6 Å². The summed E-state index contributed by atoms with van der Waals surface area (Å²) in [5.41, 5.74) is 0.264. The van der Waals surface area contributed by atoms with Crippen LogP contribution < -0.4 is 10.2 Å². The Morgan fingerprint density at radius 3 is 2.91 bits per heavy atom. The molecule has 0 saturated carbocycles. The van der Waals surface area contributed by atoms with Crippen LogP contribution in [0.5, 0.6) is 0 Å². The van der Waals surface area contributed by atoms with Gasteiger partial charge in [-0.15, -0.1) is 0 Å². The second-order valence-electron chi connectivity index (χ2n) is 5.78. The lowest BCUT2D eigenvalue weighted by atomic mass is 10.1. The molecule has 0 unspecified atom stereocenters. The number of likely N-dealkylation sites (N-methyl/N-ethyl adjacent to an activating group) is 1. The quantitative estimate of drug-likeness (QED) is 0.874. The Balaban J connectivity index is 1.71. The molecule has 7 heteroatoms. The van der Waals surface area contributed by atoms with Crippen LogP contribution in [-0.2, 0) is 14.3 Å². The Kier molecular flexibility index (Phi) is 4.58. The number of para-hydroxylation sites is 1. The lowest BCUT2D eigenvalue weighted by Gasteiger charge is -2.30. The molecule has 0 aliphatic carbocycles. The van der Waals surface area contributed by atoms with Crippen LogP contribution in [0.4, 0.5) is 10.1 Å². The van der Waals surface area contributed by atoms with Crippen molar-refractivity contribution in [2.24, 2.45) is 0 Å². The highest BCUT2D eigenvalue weighted by Gasteiger charge is 2.39. The molecule has 2 atom stereocenters. The maximum Gasteiger partial charge on any atom is 0.249 e. The number of nitrogens with one attached hydrogen (secondary N) is 1. The maximum absolute atomic E-state index is 13.9. The normalized spacial score (nSPS) is 24.8. The Labute approximate surface area is 134 Å². The number of benzene rings is 1. The Morgan fingerprint density at radius 1 is 1.43 bits per heavy atom. The molecule has 23 heavy (non-hydrogen) atoms. The fraction of sp³-hybridized carbons (Fsp3) is 0.500. The molecule has 0 radical (unpaired) electrons. The first-order valence-corrected chi connectivity index (χ1v) is 7.73. The molecule has 2 saturated heterocycles. The largest absolute Gasteiger partial charge is 0.378 e. The van der Waals surface area contributed by atoms with Crippen LogP contribution in [0.25, 0.3) is 0 Å². The van der Waals surface area contributed by atoms with E-state index in [9.17, 15) is 14.0 Å². The van der Waals surface area contributed by atoms with Crippen molar-refractivity contribution in [3.63, 3.8) is 0 Å². The monoisotopic (exact) mass is 321 g/mol. The molecule has 2 amide bonds. The van der Waals surface area contributed by atoms with E-state index in [2.05, 4.69) is 5.32 Å². The zero-order valence-electron chi connectivity index (χ0n) is 13.0. The SMILES string of the molecule is CN(C(=O)[C@@H]1COCCN1)[C@H]1CCN(c2ccccc2F)C1=O. The third kappa shape index (κ3) is 3.07. The van der Waals surface area contributed by atoms with Gasteiger partial charge in [-0.1, -0.05) is 12.1 Å². The molecular weight excluding hydrogens is 301 g/mol. The Morgan fingerprint density at radius 2 is 2.22 bits per heavy atom. The van der Waals surface area contributed by atoms with Crippen LogP contribution >= 0.6 is 0 Å². The maximum atomic E-state index is 13.9. The molecule has 124 valence electrons. The summed E-state index contributed by atoms with van der Waals surface area (Å²) in [5.74, 6) is -0.848. The first-order chi connectivity index (χ1) is 11.1. The second kappa shape index (κ2) is 6.64. The standard InChI is InChI=1S/C16H20FN3O3/c1-19(15(21)12-10-23-9-7-18-12)14-6-8-20(16(14)22)13-5-3-2-4-11(13)17/h2-5,12,14,18H,6-10H2,1H3/t12-,14-/m0/s1. The van der Waals surface area contributed by atoms with Gasteiger partial charge < -0.3 is 19.9 Å². The second-order valence-corrected chi connectivity index (χ2v) is 5.78. The molecule has 6 nitrogen and oxygen atoms in total. The molecule has 2 fully saturated rings. The van der Waals surface area contributed by atoms with Crippen LogP contribution in [0.2, 0.25) is 0 Å². The fourth-order valence-electron chi connectivity index (χ4n) is 3.06. The van der Waals surface area contributed by atoms with E-state index in [1.54, 1.807) is 25.2 Å². The third-order valence-electron chi connectivity index (χ3n) is 4.36. The van der Waals surface area contributed by atoms with E-state index in [4.69, 9.17) is 4.74 Å². The molecule has 0 bridgehead atoms. The molecule has 3 rings (SSSR count). The van der Waals surface area contributed by atoms with E-state index in [0.717, 1.165) is 0 Å². The minimum atomic E-state index is -0.564. The predicted octanol–water partition coefficient (Wildman–Crippen LogP) is 0.378. The lowest BCUT2D eigenvalue weighted by Crippen LogP contribution is -2.55. The van der Waals surface area contributed by atoms with Gasteiger partial charge in [0.15, 0.2) is 0 Å². The van der Waals surface area contributed by atoms with Gasteiger partial charge in [0.25, 0.3) is 0 Å². The minimum absolute atomic E-state index is 0.168. The highest BCUT2D eigenvalue weighted by Crippen LogP contribution is 2.26. The van der Waals surface area contributed by atoms with Crippen molar-refractivity contribution in [2.75, 3.05) is 38.3 Å². The highest BCUT2D eigenvalue weighted by molar-refractivity contribution is 6.01. The van der Waals surface area contributed by atoms with Crippen molar-refractivity contribution in [3.05, 3.63) is 30.1 Å². The number of amides is 2. The molecule has 0 aromatic heterocycles. The van der Waals surface area contributed by atoms with Crippen molar-refractivity contribution in [2.45, 2.75) is 18.5 Å². The number of hydrogen-bond acceptors (Lipinski definition) is 4. The van der Waals surface area contributed by atoms with Crippen LogP contribution in [0.1, 0.15) is 6.42 Å². The number of morpholine rings is 1. The highest BCUT2D eigenvalue weighted by atomic mass is 19.1. The summed E-state index contributed by atoms with van der Waals surface area (Å²) in [5, 5.41) is 3.09. The van der Waals surface area contributed by atoms with Crippen molar-refractivity contribution < 1.29 is 18.7 Å². The Bertz CT molecular complexity index is 604. The van der Waals surface area contributed by atoms with Gasteiger partial charge in [0.05, 0.1) is 18.9 Å². The van der Waals surface area contributed by atoms with E-state index in [1.807, 2.05) is 0 Å². The lowest BCUT2D eigenvalue weighted by molar-refractivity contribution is -0.140.